The van der Waals surface area contributed by atoms with Crippen LogP contribution in [0.15, 0.2) is 44.5 Å². The molecule has 0 bridgehead atoms. The summed E-state index contributed by atoms with van der Waals surface area (Å²) < 4.78 is 8.09. The van der Waals surface area contributed by atoms with Crippen LogP contribution in [0.3, 0.4) is 0 Å². The predicted octanol–water partition coefficient (Wildman–Crippen LogP) is 3.72. The fraction of sp³-hybridized carbons (Fsp3) is 0.154. The maximum atomic E-state index is 5.13. The summed E-state index contributed by atoms with van der Waals surface area (Å²) in [6.07, 6.45) is 1.97. The summed E-state index contributed by atoms with van der Waals surface area (Å²) in [7, 11) is 0. The zero-order valence-corrected chi connectivity index (χ0v) is 13.3. The van der Waals surface area contributed by atoms with E-state index in [-0.39, 0.29) is 0 Å². The van der Waals surface area contributed by atoms with E-state index in [4.69, 9.17) is 4.52 Å². The molecule has 20 heavy (non-hydrogen) atoms. The maximum absolute atomic E-state index is 5.13. The van der Waals surface area contributed by atoms with Crippen molar-refractivity contribution in [3.05, 3.63) is 40.6 Å². The minimum Gasteiger partial charge on any atom is -0.361 e. The van der Waals surface area contributed by atoms with Crippen molar-refractivity contribution >= 4 is 27.7 Å². The number of rotatable bonds is 3. The molecule has 0 saturated heterocycles. The molecule has 5 nitrogen and oxygen atoms in total. The molecule has 0 spiro atoms. The highest BCUT2D eigenvalue weighted by Gasteiger charge is 2.17. The summed E-state index contributed by atoms with van der Waals surface area (Å²) in [5, 5.41) is 13.3. The Kier molecular flexibility index (Phi) is 3.62. The lowest BCUT2D eigenvalue weighted by molar-refractivity contribution is 0.399. The van der Waals surface area contributed by atoms with E-state index in [1.807, 2.05) is 48.1 Å². The SMILES string of the molecule is CSc1nnc(-c2cc(C)on2)n1-c1cccc(Br)c1. The number of halogens is 1. The molecule has 0 aliphatic rings. The van der Waals surface area contributed by atoms with Crippen LogP contribution in [0.1, 0.15) is 5.76 Å². The van der Waals surface area contributed by atoms with Crippen LogP contribution in [-0.2, 0) is 0 Å². The van der Waals surface area contributed by atoms with E-state index >= 15 is 0 Å². The van der Waals surface area contributed by atoms with Gasteiger partial charge < -0.3 is 4.52 Å². The topological polar surface area (TPSA) is 56.7 Å². The third-order valence-electron chi connectivity index (χ3n) is 2.74. The molecule has 0 aliphatic heterocycles. The van der Waals surface area contributed by atoms with Crippen molar-refractivity contribution in [2.45, 2.75) is 12.1 Å². The summed E-state index contributed by atoms with van der Waals surface area (Å²) in [5.74, 6) is 1.42. The number of aryl methyl sites for hydroxylation is 1. The van der Waals surface area contributed by atoms with Gasteiger partial charge in [-0.15, -0.1) is 10.2 Å². The molecular formula is C13H11BrN4OS. The van der Waals surface area contributed by atoms with Gasteiger partial charge in [-0.3, -0.25) is 4.57 Å². The van der Waals surface area contributed by atoms with Crippen molar-refractivity contribution in [3.63, 3.8) is 0 Å². The fourth-order valence-electron chi connectivity index (χ4n) is 1.89. The van der Waals surface area contributed by atoms with Crippen LogP contribution >= 0.6 is 27.7 Å². The van der Waals surface area contributed by atoms with E-state index in [9.17, 15) is 0 Å². The van der Waals surface area contributed by atoms with Gasteiger partial charge in [0.2, 0.25) is 0 Å². The number of thioether (sulfide) groups is 1. The van der Waals surface area contributed by atoms with E-state index in [0.717, 1.165) is 21.1 Å². The number of aromatic nitrogens is 4. The van der Waals surface area contributed by atoms with Crippen LogP contribution in [0.2, 0.25) is 0 Å². The summed E-state index contributed by atoms with van der Waals surface area (Å²) in [6, 6.07) is 9.82. The average molecular weight is 351 g/mol. The fourth-order valence-corrected chi connectivity index (χ4v) is 2.77. The van der Waals surface area contributed by atoms with E-state index < -0.39 is 0 Å². The molecule has 3 aromatic rings. The second kappa shape index (κ2) is 5.41. The van der Waals surface area contributed by atoms with Crippen LogP contribution in [0.5, 0.6) is 0 Å². The third-order valence-corrected chi connectivity index (χ3v) is 3.86. The molecule has 1 aromatic carbocycles. The molecule has 3 rings (SSSR count). The average Bonchev–Trinajstić information content (AvgIpc) is 3.04. The van der Waals surface area contributed by atoms with Crippen molar-refractivity contribution in [2.24, 2.45) is 0 Å². The Hall–Kier alpha value is -1.60. The largest absolute Gasteiger partial charge is 0.361 e. The van der Waals surface area contributed by atoms with Gasteiger partial charge in [-0.25, -0.2) is 0 Å². The van der Waals surface area contributed by atoms with Crippen LogP contribution in [0.25, 0.3) is 17.2 Å². The van der Waals surface area contributed by atoms with E-state index in [2.05, 4.69) is 31.3 Å². The molecule has 0 unspecified atom stereocenters. The zero-order chi connectivity index (χ0) is 14.1. The summed E-state index contributed by atoms with van der Waals surface area (Å²) in [6.45, 7) is 1.85. The Balaban J connectivity index is 2.20. The van der Waals surface area contributed by atoms with Crippen molar-refractivity contribution < 1.29 is 4.52 Å². The van der Waals surface area contributed by atoms with Gasteiger partial charge in [0, 0.05) is 10.5 Å². The number of hydrogen-bond donors (Lipinski definition) is 0. The van der Waals surface area contributed by atoms with Crippen LogP contribution in [0, 0.1) is 6.92 Å². The Morgan fingerprint density at radius 1 is 1.25 bits per heavy atom. The molecule has 102 valence electrons. The smallest absolute Gasteiger partial charge is 0.195 e. The molecule has 2 heterocycles. The summed E-state index contributed by atoms with van der Waals surface area (Å²) in [5.41, 5.74) is 1.65. The molecule has 7 heteroatoms. The molecule has 0 aliphatic carbocycles. The first-order chi connectivity index (χ1) is 9.69. The minimum absolute atomic E-state index is 0.671. The zero-order valence-electron chi connectivity index (χ0n) is 10.9. The maximum Gasteiger partial charge on any atom is 0.195 e. The van der Waals surface area contributed by atoms with Gasteiger partial charge in [0.15, 0.2) is 16.7 Å². The van der Waals surface area contributed by atoms with Crippen molar-refractivity contribution in [2.75, 3.05) is 6.26 Å². The first kappa shape index (κ1) is 13.4. The van der Waals surface area contributed by atoms with Crippen molar-refractivity contribution in [3.8, 4) is 17.2 Å². The predicted molar refractivity (Wildman–Crippen MR) is 81.1 cm³/mol. The van der Waals surface area contributed by atoms with Gasteiger partial charge in [0.05, 0.1) is 5.69 Å². The lowest BCUT2D eigenvalue weighted by atomic mass is 10.3. The van der Waals surface area contributed by atoms with Crippen molar-refractivity contribution in [1.29, 1.82) is 0 Å². The Bertz CT molecular complexity index is 752. The summed E-state index contributed by atoms with van der Waals surface area (Å²) >= 11 is 5.02. The molecule has 0 saturated carbocycles. The van der Waals surface area contributed by atoms with Crippen LogP contribution < -0.4 is 0 Å². The monoisotopic (exact) mass is 350 g/mol. The van der Waals surface area contributed by atoms with Gasteiger partial charge in [-0.2, -0.15) is 0 Å². The molecule has 0 atom stereocenters. The first-order valence-electron chi connectivity index (χ1n) is 5.88. The lowest BCUT2D eigenvalue weighted by Crippen LogP contribution is -1.99. The quantitative estimate of drug-likeness (QED) is 0.673. The van der Waals surface area contributed by atoms with Crippen molar-refractivity contribution in [1.82, 2.24) is 19.9 Å². The number of benzene rings is 1. The first-order valence-corrected chi connectivity index (χ1v) is 7.90. The standard InChI is InChI=1S/C13H11BrN4OS/c1-8-6-11(17-19-8)12-15-16-13(20-2)18(12)10-5-3-4-9(14)7-10/h3-7H,1-2H3. The third kappa shape index (κ3) is 2.38. The molecule has 0 N–H and O–H groups in total. The van der Waals surface area contributed by atoms with E-state index in [1.54, 1.807) is 0 Å². The Morgan fingerprint density at radius 2 is 2.10 bits per heavy atom. The highest BCUT2D eigenvalue weighted by molar-refractivity contribution is 9.10. The van der Waals surface area contributed by atoms with Crippen LogP contribution in [0.4, 0.5) is 0 Å². The molecule has 0 fully saturated rings. The highest BCUT2D eigenvalue weighted by atomic mass is 79.9. The molecular weight excluding hydrogens is 340 g/mol. The van der Waals surface area contributed by atoms with Gasteiger partial charge in [-0.05, 0) is 31.4 Å². The van der Waals surface area contributed by atoms with Gasteiger partial charge in [-0.1, -0.05) is 38.9 Å². The van der Waals surface area contributed by atoms with Gasteiger partial charge in [0.1, 0.15) is 5.76 Å². The Labute approximate surface area is 128 Å². The molecule has 0 radical (unpaired) electrons. The molecule has 2 aromatic heterocycles. The highest BCUT2D eigenvalue weighted by Crippen LogP contribution is 2.27. The Morgan fingerprint density at radius 3 is 2.75 bits per heavy atom. The van der Waals surface area contributed by atoms with E-state index in [0.29, 0.717) is 11.5 Å². The lowest BCUT2D eigenvalue weighted by Gasteiger charge is -2.08. The van der Waals surface area contributed by atoms with Gasteiger partial charge >= 0.3 is 0 Å². The second-order valence-electron chi connectivity index (χ2n) is 4.15. The second-order valence-corrected chi connectivity index (χ2v) is 5.84. The number of hydrogen-bond acceptors (Lipinski definition) is 5. The number of nitrogens with zero attached hydrogens (tertiary/aromatic N) is 4. The van der Waals surface area contributed by atoms with E-state index in [1.165, 1.54) is 11.8 Å². The van der Waals surface area contributed by atoms with Gasteiger partial charge in [0.25, 0.3) is 0 Å². The van der Waals surface area contributed by atoms with Crippen LogP contribution in [-0.4, -0.2) is 26.2 Å². The summed E-state index contributed by atoms with van der Waals surface area (Å²) in [4.78, 5) is 0. The normalized spacial score (nSPS) is 10.9. The molecule has 0 amide bonds. The minimum atomic E-state index is 0.671.